The van der Waals surface area contributed by atoms with Gasteiger partial charge in [0.2, 0.25) is 0 Å². The van der Waals surface area contributed by atoms with Crippen molar-refractivity contribution in [2.45, 2.75) is 32.2 Å². The van der Waals surface area contributed by atoms with E-state index in [2.05, 4.69) is 11.9 Å². The van der Waals surface area contributed by atoms with E-state index in [1.165, 1.54) is 37.8 Å². The van der Waals surface area contributed by atoms with Crippen LogP contribution in [0.3, 0.4) is 0 Å². The fraction of sp³-hybridized carbons (Fsp3) is 0.571. The van der Waals surface area contributed by atoms with Crippen LogP contribution >= 0.6 is 0 Å². The molecule has 2 rings (SSSR count). The second-order valence-electron chi connectivity index (χ2n) is 5.13. The molecule has 0 aromatic heterocycles. The van der Waals surface area contributed by atoms with E-state index in [0.29, 0.717) is 0 Å². The minimum atomic E-state index is -0.531. The Morgan fingerprint density at radius 2 is 2.06 bits per heavy atom. The van der Waals surface area contributed by atoms with Crippen molar-refractivity contribution in [1.29, 1.82) is 0 Å². The molecule has 0 bridgehead atoms. The molecular formula is C14H20FNO. The maximum Gasteiger partial charge on any atom is 0.165 e. The highest BCUT2D eigenvalue weighted by atomic mass is 19.1. The highest BCUT2D eigenvalue weighted by Gasteiger charge is 2.16. The summed E-state index contributed by atoms with van der Waals surface area (Å²) in [4.78, 5) is 2.24. The lowest BCUT2D eigenvalue weighted by atomic mass is 10.1. The minimum Gasteiger partial charge on any atom is -0.505 e. The Balaban J connectivity index is 1.88. The standard InChI is InChI=1S/C14H20FNO/c1-16(9-11-4-2-3-5-11)10-12-6-7-14(17)13(15)8-12/h6-8,11,17H,2-5,9-10H2,1H3. The molecule has 0 unspecified atom stereocenters. The summed E-state index contributed by atoms with van der Waals surface area (Å²) < 4.78 is 13.2. The molecule has 0 heterocycles. The van der Waals surface area contributed by atoms with E-state index in [1.807, 2.05) is 0 Å². The Morgan fingerprint density at radius 1 is 1.35 bits per heavy atom. The lowest BCUT2D eigenvalue weighted by Gasteiger charge is -2.20. The van der Waals surface area contributed by atoms with Crippen molar-refractivity contribution in [2.75, 3.05) is 13.6 Å². The van der Waals surface area contributed by atoms with E-state index < -0.39 is 5.82 Å². The molecule has 1 aliphatic carbocycles. The summed E-state index contributed by atoms with van der Waals surface area (Å²) in [5.74, 6) is 0.00549. The van der Waals surface area contributed by atoms with Crippen molar-refractivity contribution < 1.29 is 9.50 Å². The summed E-state index contributed by atoms with van der Waals surface area (Å²) in [6.45, 7) is 1.83. The van der Waals surface area contributed by atoms with E-state index in [-0.39, 0.29) is 5.75 Å². The fourth-order valence-electron chi connectivity index (χ4n) is 2.66. The molecule has 1 aromatic rings. The van der Waals surface area contributed by atoms with Crippen molar-refractivity contribution >= 4 is 0 Å². The van der Waals surface area contributed by atoms with Gasteiger partial charge in [0.25, 0.3) is 0 Å². The number of halogens is 1. The topological polar surface area (TPSA) is 23.5 Å². The van der Waals surface area contributed by atoms with Crippen LogP contribution in [-0.4, -0.2) is 23.6 Å². The normalized spacial score (nSPS) is 16.9. The number of benzene rings is 1. The molecule has 0 atom stereocenters. The highest BCUT2D eigenvalue weighted by molar-refractivity contribution is 5.27. The van der Waals surface area contributed by atoms with Crippen LogP contribution in [-0.2, 0) is 6.54 Å². The summed E-state index contributed by atoms with van der Waals surface area (Å²) in [6, 6.07) is 4.62. The Kier molecular flexibility index (Phi) is 4.00. The van der Waals surface area contributed by atoms with Crippen molar-refractivity contribution in [3.05, 3.63) is 29.6 Å². The smallest absolute Gasteiger partial charge is 0.165 e. The van der Waals surface area contributed by atoms with Gasteiger partial charge in [-0.2, -0.15) is 0 Å². The van der Waals surface area contributed by atoms with E-state index >= 15 is 0 Å². The summed E-state index contributed by atoms with van der Waals surface area (Å²) >= 11 is 0. The first kappa shape index (κ1) is 12.4. The summed E-state index contributed by atoms with van der Waals surface area (Å²) in [5.41, 5.74) is 0.917. The molecule has 0 saturated heterocycles. The SMILES string of the molecule is CN(Cc1ccc(O)c(F)c1)CC1CCCC1. The number of phenolic OH excluding ortho intramolecular Hbond substituents is 1. The van der Waals surface area contributed by atoms with Gasteiger partial charge in [-0.05, 0) is 43.5 Å². The van der Waals surface area contributed by atoms with Crippen molar-refractivity contribution in [3.63, 3.8) is 0 Å². The van der Waals surface area contributed by atoms with Gasteiger partial charge in [0, 0.05) is 13.1 Å². The van der Waals surface area contributed by atoms with E-state index in [0.717, 1.165) is 24.6 Å². The van der Waals surface area contributed by atoms with Crippen molar-refractivity contribution in [1.82, 2.24) is 4.90 Å². The number of hydrogen-bond acceptors (Lipinski definition) is 2. The second kappa shape index (κ2) is 5.50. The van der Waals surface area contributed by atoms with Crippen LogP contribution < -0.4 is 0 Å². The van der Waals surface area contributed by atoms with E-state index in [9.17, 15) is 4.39 Å². The average Bonchev–Trinajstić information content (AvgIpc) is 2.76. The monoisotopic (exact) mass is 237 g/mol. The van der Waals surface area contributed by atoms with Crippen LogP contribution in [0.25, 0.3) is 0 Å². The molecule has 1 aliphatic rings. The van der Waals surface area contributed by atoms with Crippen LogP contribution in [0.1, 0.15) is 31.2 Å². The lowest BCUT2D eigenvalue weighted by molar-refractivity contribution is 0.270. The molecule has 17 heavy (non-hydrogen) atoms. The number of aromatic hydroxyl groups is 1. The van der Waals surface area contributed by atoms with E-state index in [1.54, 1.807) is 6.07 Å². The molecule has 1 aromatic carbocycles. The second-order valence-corrected chi connectivity index (χ2v) is 5.13. The fourth-order valence-corrected chi connectivity index (χ4v) is 2.66. The molecule has 1 N–H and O–H groups in total. The molecule has 1 fully saturated rings. The van der Waals surface area contributed by atoms with Gasteiger partial charge in [-0.1, -0.05) is 18.9 Å². The van der Waals surface area contributed by atoms with Crippen molar-refractivity contribution in [2.24, 2.45) is 5.92 Å². The predicted octanol–water partition coefficient (Wildman–Crippen LogP) is 3.15. The van der Waals surface area contributed by atoms with Gasteiger partial charge in [-0.15, -0.1) is 0 Å². The van der Waals surface area contributed by atoms with Gasteiger partial charge in [0.1, 0.15) is 0 Å². The summed E-state index contributed by atoms with van der Waals surface area (Å²) in [5, 5.41) is 9.12. The number of hydrogen-bond donors (Lipinski definition) is 1. The zero-order valence-electron chi connectivity index (χ0n) is 10.3. The van der Waals surface area contributed by atoms with Crippen LogP contribution in [0.15, 0.2) is 18.2 Å². The molecule has 3 heteroatoms. The number of phenols is 1. The third kappa shape index (κ3) is 3.43. The Hall–Kier alpha value is -1.09. The van der Waals surface area contributed by atoms with Gasteiger partial charge < -0.3 is 10.0 Å². The first-order valence-corrected chi connectivity index (χ1v) is 6.31. The molecule has 1 saturated carbocycles. The first-order chi connectivity index (χ1) is 8.15. The zero-order valence-corrected chi connectivity index (χ0v) is 10.3. The lowest BCUT2D eigenvalue weighted by Crippen LogP contribution is -2.24. The van der Waals surface area contributed by atoms with Gasteiger partial charge in [-0.3, -0.25) is 0 Å². The summed E-state index contributed by atoms with van der Waals surface area (Å²) in [6.07, 6.45) is 5.36. The molecule has 0 spiro atoms. The van der Waals surface area contributed by atoms with Gasteiger partial charge in [0.15, 0.2) is 11.6 Å². The Labute approximate surface area is 102 Å². The number of rotatable bonds is 4. The minimum absolute atomic E-state index is 0.271. The van der Waals surface area contributed by atoms with Crippen LogP contribution in [0, 0.1) is 11.7 Å². The van der Waals surface area contributed by atoms with Crippen molar-refractivity contribution in [3.8, 4) is 5.75 Å². The number of nitrogens with zero attached hydrogens (tertiary/aromatic N) is 1. The van der Waals surface area contributed by atoms with Crippen LogP contribution in [0.4, 0.5) is 4.39 Å². The molecule has 0 amide bonds. The molecule has 2 nitrogen and oxygen atoms in total. The van der Waals surface area contributed by atoms with Crippen LogP contribution in [0.2, 0.25) is 0 Å². The van der Waals surface area contributed by atoms with Gasteiger partial charge in [0.05, 0.1) is 0 Å². The first-order valence-electron chi connectivity index (χ1n) is 6.31. The van der Waals surface area contributed by atoms with Gasteiger partial charge in [-0.25, -0.2) is 4.39 Å². The van der Waals surface area contributed by atoms with Gasteiger partial charge >= 0.3 is 0 Å². The third-order valence-electron chi connectivity index (χ3n) is 3.51. The van der Waals surface area contributed by atoms with Crippen LogP contribution in [0.5, 0.6) is 5.75 Å². The molecule has 0 radical (unpaired) electrons. The Morgan fingerprint density at radius 3 is 2.71 bits per heavy atom. The maximum atomic E-state index is 13.2. The predicted molar refractivity (Wildman–Crippen MR) is 66.4 cm³/mol. The molecule has 0 aliphatic heterocycles. The third-order valence-corrected chi connectivity index (χ3v) is 3.51. The highest BCUT2D eigenvalue weighted by Crippen LogP contribution is 2.25. The Bertz CT molecular complexity index is 374. The van der Waals surface area contributed by atoms with E-state index in [4.69, 9.17) is 5.11 Å². The summed E-state index contributed by atoms with van der Waals surface area (Å²) in [7, 11) is 2.07. The maximum absolute atomic E-state index is 13.2. The average molecular weight is 237 g/mol. The quantitative estimate of drug-likeness (QED) is 0.869. The molecule has 94 valence electrons. The largest absolute Gasteiger partial charge is 0.505 e. The zero-order chi connectivity index (χ0) is 12.3. The molecular weight excluding hydrogens is 217 g/mol.